The number of carbonyl (C=O) groups is 1. The van der Waals surface area contributed by atoms with Crippen molar-refractivity contribution in [2.24, 2.45) is 0 Å². The predicted octanol–water partition coefficient (Wildman–Crippen LogP) is 0.873. The van der Waals surface area contributed by atoms with Gasteiger partial charge >= 0.3 is 0 Å². The van der Waals surface area contributed by atoms with E-state index in [4.69, 9.17) is 4.74 Å². The number of carbonyl (C=O) groups excluding carboxylic acids is 1. The van der Waals surface area contributed by atoms with E-state index >= 15 is 0 Å². The first-order chi connectivity index (χ1) is 10.7. The lowest BCUT2D eigenvalue weighted by atomic mass is 9.89. The Labute approximate surface area is 131 Å². The fraction of sp³-hybridized carbons (Fsp3) is 0.588. The number of piperazine rings is 1. The van der Waals surface area contributed by atoms with Crippen LogP contribution in [0, 0.1) is 0 Å². The molecule has 0 saturated carbocycles. The van der Waals surface area contributed by atoms with Gasteiger partial charge in [0.25, 0.3) is 0 Å². The van der Waals surface area contributed by atoms with Gasteiger partial charge in [-0.1, -0.05) is 24.3 Å². The van der Waals surface area contributed by atoms with Crippen molar-refractivity contribution in [3.05, 3.63) is 35.4 Å². The van der Waals surface area contributed by atoms with Gasteiger partial charge in [-0.2, -0.15) is 0 Å². The van der Waals surface area contributed by atoms with Crippen LogP contribution in [0.25, 0.3) is 0 Å². The number of hydrogen-bond donors (Lipinski definition) is 2. The number of amides is 1. The van der Waals surface area contributed by atoms with E-state index in [1.54, 1.807) is 0 Å². The predicted molar refractivity (Wildman–Crippen MR) is 83.5 cm³/mol. The Morgan fingerprint density at radius 2 is 2.27 bits per heavy atom. The molecule has 1 aliphatic heterocycles. The lowest BCUT2D eigenvalue weighted by molar-refractivity contribution is -0.124. The highest BCUT2D eigenvalue weighted by Gasteiger charge is 2.23. The largest absolute Gasteiger partial charge is 0.389 e. The van der Waals surface area contributed by atoms with E-state index in [0.29, 0.717) is 26.2 Å². The fourth-order valence-corrected chi connectivity index (χ4v) is 3.31. The van der Waals surface area contributed by atoms with E-state index in [9.17, 15) is 9.90 Å². The van der Waals surface area contributed by atoms with Gasteiger partial charge in [-0.25, -0.2) is 0 Å². The fourth-order valence-electron chi connectivity index (χ4n) is 3.31. The van der Waals surface area contributed by atoms with Gasteiger partial charge in [-0.15, -0.1) is 0 Å². The van der Waals surface area contributed by atoms with Crippen molar-refractivity contribution in [1.29, 1.82) is 0 Å². The van der Waals surface area contributed by atoms with Crippen LogP contribution in [0.15, 0.2) is 24.3 Å². The molecule has 0 unspecified atom stereocenters. The number of aliphatic hydroxyl groups excluding tert-OH is 1. The molecule has 1 amide bonds. The molecule has 2 atom stereocenters. The molecule has 0 radical (unpaired) electrons. The molecule has 1 fully saturated rings. The summed E-state index contributed by atoms with van der Waals surface area (Å²) in [5.74, 6) is 0.0283. The van der Waals surface area contributed by atoms with Crippen molar-refractivity contribution < 1.29 is 14.6 Å². The quantitative estimate of drug-likeness (QED) is 0.847. The zero-order chi connectivity index (χ0) is 15.4. The van der Waals surface area contributed by atoms with Crippen molar-refractivity contribution in [3.63, 3.8) is 0 Å². The first-order valence-corrected chi connectivity index (χ1v) is 8.09. The molecule has 0 bridgehead atoms. The Kier molecular flexibility index (Phi) is 5.08. The number of nitrogens with one attached hydrogen (secondary N) is 1. The summed E-state index contributed by atoms with van der Waals surface area (Å²) in [6, 6.07) is 8.40. The molecule has 2 N–H and O–H groups in total. The Morgan fingerprint density at radius 3 is 3.14 bits per heavy atom. The molecule has 1 heterocycles. The number of fused-ring (bicyclic) bond motifs is 1. The summed E-state index contributed by atoms with van der Waals surface area (Å²) >= 11 is 0. The highest BCUT2D eigenvalue weighted by Crippen LogP contribution is 2.32. The maximum atomic E-state index is 11.3. The molecule has 22 heavy (non-hydrogen) atoms. The van der Waals surface area contributed by atoms with E-state index in [0.717, 1.165) is 25.8 Å². The third kappa shape index (κ3) is 3.85. The number of aryl methyl sites for hydroxylation is 1. The van der Waals surface area contributed by atoms with Crippen LogP contribution in [0.1, 0.15) is 30.1 Å². The summed E-state index contributed by atoms with van der Waals surface area (Å²) in [7, 11) is 0. The average Bonchev–Trinajstić information content (AvgIpc) is 2.53. The lowest BCUT2D eigenvalue weighted by Crippen LogP contribution is -2.50. The molecule has 0 aromatic heterocycles. The number of ether oxygens (including phenoxy) is 1. The number of benzene rings is 1. The van der Waals surface area contributed by atoms with Gasteiger partial charge in [-0.3, -0.25) is 9.69 Å². The van der Waals surface area contributed by atoms with Crippen LogP contribution >= 0.6 is 0 Å². The lowest BCUT2D eigenvalue weighted by Gasteiger charge is -2.30. The molecule has 120 valence electrons. The molecule has 5 nitrogen and oxygen atoms in total. The van der Waals surface area contributed by atoms with Gasteiger partial charge in [0.2, 0.25) is 5.91 Å². The minimum Gasteiger partial charge on any atom is -0.389 e. The second kappa shape index (κ2) is 7.22. The second-order valence-corrected chi connectivity index (χ2v) is 6.15. The van der Waals surface area contributed by atoms with Gasteiger partial charge in [0.15, 0.2) is 0 Å². The smallest absolute Gasteiger partial charge is 0.234 e. The first-order valence-electron chi connectivity index (χ1n) is 8.09. The SMILES string of the molecule is O=C1CN(C[C@@H](O)CO[C@@H]2CCCc3ccccc32)CCN1. The molecular weight excluding hydrogens is 280 g/mol. The van der Waals surface area contributed by atoms with Gasteiger partial charge < -0.3 is 15.2 Å². The molecule has 1 aliphatic carbocycles. The van der Waals surface area contributed by atoms with Crippen LogP contribution < -0.4 is 5.32 Å². The molecule has 5 heteroatoms. The van der Waals surface area contributed by atoms with Crippen LogP contribution in [0.3, 0.4) is 0 Å². The maximum absolute atomic E-state index is 11.3. The Morgan fingerprint density at radius 1 is 1.41 bits per heavy atom. The van der Waals surface area contributed by atoms with Gasteiger partial charge in [0.05, 0.1) is 25.4 Å². The van der Waals surface area contributed by atoms with Crippen LogP contribution in [-0.4, -0.2) is 54.8 Å². The summed E-state index contributed by atoms with van der Waals surface area (Å²) in [5, 5.41) is 13.0. The van der Waals surface area contributed by atoms with E-state index in [-0.39, 0.29) is 12.0 Å². The zero-order valence-corrected chi connectivity index (χ0v) is 12.8. The van der Waals surface area contributed by atoms with Crippen LogP contribution in [-0.2, 0) is 16.0 Å². The standard InChI is InChI=1S/C17H24N2O3/c20-14(10-19-9-8-18-17(21)11-19)12-22-16-7-3-5-13-4-1-2-6-15(13)16/h1-2,4,6,14,16,20H,3,5,7-12H2,(H,18,21)/t14-,16-/m1/s1. The van der Waals surface area contributed by atoms with E-state index in [1.807, 2.05) is 11.0 Å². The van der Waals surface area contributed by atoms with E-state index < -0.39 is 6.10 Å². The van der Waals surface area contributed by atoms with Crippen molar-refractivity contribution >= 4 is 5.91 Å². The van der Waals surface area contributed by atoms with Crippen molar-refractivity contribution in [3.8, 4) is 0 Å². The summed E-state index contributed by atoms with van der Waals surface area (Å²) in [5.41, 5.74) is 2.62. The average molecular weight is 304 g/mol. The highest BCUT2D eigenvalue weighted by molar-refractivity contribution is 5.78. The molecule has 1 aromatic carbocycles. The summed E-state index contributed by atoms with van der Waals surface area (Å²) in [4.78, 5) is 13.3. The van der Waals surface area contributed by atoms with Crippen molar-refractivity contribution in [2.45, 2.75) is 31.5 Å². The summed E-state index contributed by atoms with van der Waals surface area (Å²) < 4.78 is 5.96. The van der Waals surface area contributed by atoms with E-state index in [2.05, 4.69) is 23.5 Å². The summed E-state index contributed by atoms with van der Waals surface area (Å²) in [6.07, 6.45) is 2.78. The third-order valence-corrected chi connectivity index (χ3v) is 4.39. The molecule has 1 saturated heterocycles. The molecule has 3 rings (SSSR count). The number of β-amino-alcohol motifs (C(OH)–C–C–N with tert-alkyl or cyclic N) is 1. The Hall–Kier alpha value is -1.43. The van der Waals surface area contributed by atoms with Crippen molar-refractivity contribution in [2.75, 3.05) is 32.8 Å². The molecule has 0 spiro atoms. The van der Waals surface area contributed by atoms with Crippen LogP contribution in [0.5, 0.6) is 0 Å². The van der Waals surface area contributed by atoms with Gasteiger partial charge in [-0.05, 0) is 30.4 Å². The van der Waals surface area contributed by atoms with E-state index in [1.165, 1.54) is 11.1 Å². The number of hydrogen-bond acceptors (Lipinski definition) is 4. The monoisotopic (exact) mass is 304 g/mol. The minimum absolute atomic E-state index is 0.0283. The highest BCUT2D eigenvalue weighted by atomic mass is 16.5. The van der Waals surface area contributed by atoms with Crippen LogP contribution in [0.4, 0.5) is 0 Å². The van der Waals surface area contributed by atoms with Gasteiger partial charge in [0, 0.05) is 19.6 Å². The second-order valence-electron chi connectivity index (χ2n) is 6.15. The van der Waals surface area contributed by atoms with Gasteiger partial charge in [0.1, 0.15) is 0 Å². The molecule has 1 aromatic rings. The Balaban J connectivity index is 1.49. The normalized spacial score (nSPS) is 23.7. The Bertz CT molecular complexity index is 520. The molecule has 2 aliphatic rings. The van der Waals surface area contributed by atoms with Crippen LogP contribution in [0.2, 0.25) is 0 Å². The minimum atomic E-state index is -0.556. The van der Waals surface area contributed by atoms with Crippen molar-refractivity contribution in [1.82, 2.24) is 10.2 Å². The first kappa shape index (κ1) is 15.5. The summed E-state index contributed by atoms with van der Waals surface area (Å²) in [6.45, 7) is 2.61. The maximum Gasteiger partial charge on any atom is 0.234 e. The molecular formula is C17H24N2O3. The topological polar surface area (TPSA) is 61.8 Å². The number of aliphatic hydroxyl groups is 1. The number of rotatable bonds is 5. The zero-order valence-electron chi connectivity index (χ0n) is 12.8. The third-order valence-electron chi connectivity index (χ3n) is 4.39. The number of nitrogens with zero attached hydrogens (tertiary/aromatic N) is 1.